The highest BCUT2D eigenvalue weighted by Crippen LogP contribution is 2.20. The smallest absolute Gasteiger partial charge is 0.243 e. The van der Waals surface area contributed by atoms with Crippen LogP contribution in [-0.4, -0.2) is 39.0 Å². The standard InChI is InChI=1S/C13H17FN2O3S/c1-4-16(10(2)9-19-3)20(17,18)12-5-6-13(14)11(7-12)8-15/h5-7,10H,4,9H2,1-3H3. The van der Waals surface area contributed by atoms with Gasteiger partial charge in [-0.05, 0) is 25.1 Å². The normalized spacial score (nSPS) is 13.2. The van der Waals surface area contributed by atoms with Gasteiger partial charge in [0, 0.05) is 19.7 Å². The van der Waals surface area contributed by atoms with Gasteiger partial charge in [-0.1, -0.05) is 6.92 Å². The van der Waals surface area contributed by atoms with Gasteiger partial charge in [0.2, 0.25) is 10.0 Å². The average Bonchev–Trinajstić information content (AvgIpc) is 2.39. The lowest BCUT2D eigenvalue weighted by atomic mass is 10.2. The third-order valence-corrected chi connectivity index (χ3v) is 4.96. The highest BCUT2D eigenvalue weighted by atomic mass is 32.2. The van der Waals surface area contributed by atoms with Crippen LogP contribution in [0.25, 0.3) is 0 Å². The minimum absolute atomic E-state index is 0.0970. The average molecular weight is 300 g/mol. The molecule has 0 aromatic heterocycles. The maximum atomic E-state index is 13.3. The number of nitrogens with zero attached hydrogens (tertiary/aromatic N) is 2. The highest BCUT2D eigenvalue weighted by Gasteiger charge is 2.28. The Morgan fingerprint density at radius 1 is 1.50 bits per heavy atom. The summed E-state index contributed by atoms with van der Waals surface area (Å²) in [5.74, 6) is -0.737. The minimum Gasteiger partial charge on any atom is -0.383 e. The molecule has 1 unspecified atom stereocenters. The van der Waals surface area contributed by atoms with Gasteiger partial charge in [-0.2, -0.15) is 9.57 Å². The van der Waals surface area contributed by atoms with Crippen LogP contribution in [0.3, 0.4) is 0 Å². The van der Waals surface area contributed by atoms with E-state index in [4.69, 9.17) is 10.00 Å². The van der Waals surface area contributed by atoms with Gasteiger partial charge in [-0.15, -0.1) is 0 Å². The van der Waals surface area contributed by atoms with E-state index in [1.165, 1.54) is 11.4 Å². The molecule has 5 nitrogen and oxygen atoms in total. The molecule has 0 saturated heterocycles. The van der Waals surface area contributed by atoms with E-state index >= 15 is 0 Å². The van der Waals surface area contributed by atoms with Gasteiger partial charge < -0.3 is 4.74 Å². The van der Waals surface area contributed by atoms with Crippen molar-refractivity contribution in [3.05, 3.63) is 29.6 Å². The number of likely N-dealkylation sites (N-methyl/N-ethyl adjacent to an activating group) is 1. The van der Waals surface area contributed by atoms with Gasteiger partial charge in [0.1, 0.15) is 11.9 Å². The third-order valence-electron chi connectivity index (χ3n) is 2.88. The van der Waals surface area contributed by atoms with Crippen molar-refractivity contribution in [2.45, 2.75) is 24.8 Å². The molecular weight excluding hydrogens is 283 g/mol. The first kappa shape index (κ1) is 16.6. The van der Waals surface area contributed by atoms with Gasteiger partial charge in [-0.25, -0.2) is 12.8 Å². The van der Waals surface area contributed by atoms with E-state index in [1.807, 2.05) is 0 Å². The van der Waals surface area contributed by atoms with E-state index in [9.17, 15) is 12.8 Å². The predicted molar refractivity (Wildman–Crippen MR) is 72.0 cm³/mol. The highest BCUT2D eigenvalue weighted by molar-refractivity contribution is 7.89. The fourth-order valence-electron chi connectivity index (χ4n) is 1.93. The van der Waals surface area contributed by atoms with Crippen LogP contribution in [0.15, 0.2) is 23.1 Å². The van der Waals surface area contributed by atoms with Crippen LogP contribution in [0.5, 0.6) is 0 Å². The van der Waals surface area contributed by atoms with Gasteiger partial charge in [0.15, 0.2) is 0 Å². The zero-order chi connectivity index (χ0) is 15.3. The Kier molecular flexibility index (Phi) is 5.62. The number of methoxy groups -OCH3 is 1. The largest absolute Gasteiger partial charge is 0.383 e. The third kappa shape index (κ3) is 3.33. The van der Waals surface area contributed by atoms with Crippen molar-refractivity contribution in [3.8, 4) is 6.07 Å². The zero-order valence-corrected chi connectivity index (χ0v) is 12.4. The summed E-state index contributed by atoms with van der Waals surface area (Å²) in [4.78, 5) is -0.0970. The molecule has 0 N–H and O–H groups in total. The molecule has 110 valence electrons. The number of ether oxygens (including phenoxy) is 1. The van der Waals surface area contributed by atoms with Crippen LogP contribution in [0.1, 0.15) is 19.4 Å². The molecule has 0 aliphatic heterocycles. The van der Waals surface area contributed by atoms with Crippen LogP contribution in [0.4, 0.5) is 4.39 Å². The Morgan fingerprint density at radius 3 is 2.65 bits per heavy atom. The van der Waals surface area contributed by atoms with Crippen LogP contribution in [0, 0.1) is 17.1 Å². The second-order valence-electron chi connectivity index (χ2n) is 4.27. The summed E-state index contributed by atoms with van der Waals surface area (Å²) in [5, 5.41) is 8.78. The monoisotopic (exact) mass is 300 g/mol. The van der Waals surface area contributed by atoms with E-state index in [1.54, 1.807) is 19.9 Å². The molecule has 0 aliphatic carbocycles. The summed E-state index contributed by atoms with van der Waals surface area (Å²) in [6.45, 7) is 3.93. The first-order chi connectivity index (χ1) is 9.38. The van der Waals surface area contributed by atoms with Gasteiger partial charge >= 0.3 is 0 Å². The molecule has 1 aromatic carbocycles. The molecule has 0 heterocycles. The Labute approximate surface area is 118 Å². The summed E-state index contributed by atoms with van der Waals surface area (Å²) < 4.78 is 44.5. The lowest BCUT2D eigenvalue weighted by Gasteiger charge is -2.26. The summed E-state index contributed by atoms with van der Waals surface area (Å²) in [5.41, 5.74) is -0.290. The maximum Gasteiger partial charge on any atom is 0.243 e. The number of hydrogen-bond donors (Lipinski definition) is 0. The number of halogens is 1. The van der Waals surface area contributed by atoms with Crippen molar-refractivity contribution < 1.29 is 17.5 Å². The second-order valence-corrected chi connectivity index (χ2v) is 6.16. The molecule has 0 fully saturated rings. The zero-order valence-electron chi connectivity index (χ0n) is 11.6. The van der Waals surface area contributed by atoms with Crippen molar-refractivity contribution in [2.24, 2.45) is 0 Å². The molecule has 0 spiro atoms. The topological polar surface area (TPSA) is 70.4 Å². The van der Waals surface area contributed by atoms with Crippen molar-refractivity contribution in [3.63, 3.8) is 0 Å². The molecule has 1 atom stereocenters. The molecule has 0 radical (unpaired) electrons. The lowest BCUT2D eigenvalue weighted by Crippen LogP contribution is -2.40. The number of sulfonamides is 1. The molecule has 0 aliphatic rings. The molecule has 0 amide bonds. The minimum atomic E-state index is -3.79. The maximum absolute atomic E-state index is 13.3. The molecule has 20 heavy (non-hydrogen) atoms. The number of rotatable bonds is 6. The van der Waals surface area contributed by atoms with E-state index in [0.29, 0.717) is 0 Å². The SMILES string of the molecule is CCN(C(C)COC)S(=O)(=O)c1ccc(F)c(C#N)c1. The molecule has 0 bridgehead atoms. The number of hydrogen-bond acceptors (Lipinski definition) is 4. The number of benzene rings is 1. The predicted octanol–water partition coefficient (Wildman–Crippen LogP) is 1.74. The lowest BCUT2D eigenvalue weighted by molar-refractivity contribution is 0.142. The molecule has 1 aromatic rings. The van der Waals surface area contributed by atoms with E-state index in [2.05, 4.69) is 0 Å². The van der Waals surface area contributed by atoms with Crippen LogP contribution < -0.4 is 0 Å². The quantitative estimate of drug-likeness (QED) is 0.802. The molecule has 0 saturated carbocycles. The first-order valence-electron chi connectivity index (χ1n) is 6.08. The Morgan fingerprint density at radius 2 is 2.15 bits per heavy atom. The van der Waals surface area contributed by atoms with Crippen LogP contribution in [0.2, 0.25) is 0 Å². The summed E-state index contributed by atoms with van der Waals surface area (Å²) in [6, 6.07) is 4.48. The Hall–Kier alpha value is -1.49. The second kappa shape index (κ2) is 6.79. The fraction of sp³-hybridized carbons (Fsp3) is 0.462. The summed E-state index contributed by atoms with van der Waals surface area (Å²) in [6.07, 6.45) is 0. The van der Waals surface area contributed by atoms with Crippen LogP contribution in [-0.2, 0) is 14.8 Å². The Balaban J connectivity index is 3.24. The van der Waals surface area contributed by atoms with Crippen molar-refractivity contribution in [1.29, 1.82) is 5.26 Å². The van der Waals surface area contributed by atoms with Crippen molar-refractivity contribution >= 4 is 10.0 Å². The van der Waals surface area contributed by atoms with Gasteiger partial charge in [0.05, 0.1) is 17.1 Å². The van der Waals surface area contributed by atoms with E-state index in [0.717, 1.165) is 18.2 Å². The van der Waals surface area contributed by atoms with Gasteiger partial charge in [0.25, 0.3) is 0 Å². The summed E-state index contributed by atoms with van der Waals surface area (Å²) >= 11 is 0. The first-order valence-corrected chi connectivity index (χ1v) is 7.52. The van der Waals surface area contributed by atoms with Crippen molar-refractivity contribution in [1.82, 2.24) is 4.31 Å². The Bertz CT molecular complexity index is 611. The van der Waals surface area contributed by atoms with E-state index < -0.39 is 15.8 Å². The molecule has 7 heteroatoms. The molecular formula is C13H17FN2O3S. The molecule has 1 rings (SSSR count). The van der Waals surface area contributed by atoms with Crippen LogP contribution >= 0.6 is 0 Å². The number of nitriles is 1. The van der Waals surface area contributed by atoms with Gasteiger partial charge in [-0.3, -0.25) is 0 Å². The summed E-state index contributed by atoms with van der Waals surface area (Å²) in [7, 11) is -2.30. The van der Waals surface area contributed by atoms with E-state index in [-0.39, 0.29) is 29.7 Å². The fourth-order valence-corrected chi connectivity index (χ4v) is 3.58. The van der Waals surface area contributed by atoms with Crippen molar-refractivity contribution in [2.75, 3.05) is 20.3 Å².